The maximum Gasteiger partial charge on any atom is 0.269 e. The van der Waals surface area contributed by atoms with Gasteiger partial charge in [0.1, 0.15) is 0 Å². The standard InChI is InChI=1S/C25H21ClN2O2S.C25H19ClN2O2S/c2*26-20-16-23-22-15-19(12-11-18-7-3-1-4-8-18)13-14-24(22)28(25(23)27-17-20)31(29,30)21-9-5-2-6-10-21/h2,5-6,9-10,13-18H,1,3-4,7-8H2;2,5-7,9-10,13-17H,1,3-4,8H2. The summed E-state index contributed by atoms with van der Waals surface area (Å²) < 4.78 is 56.5. The summed E-state index contributed by atoms with van der Waals surface area (Å²) in [5.74, 6) is 13.7. The molecule has 2 aliphatic carbocycles. The van der Waals surface area contributed by atoms with Crippen LogP contribution in [0.1, 0.15) is 68.9 Å². The minimum atomic E-state index is -3.84. The van der Waals surface area contributed by atoms with Crippen LogP contribution in [0, 0.1) is 29.6 Å². The lowest BCUT2D eigenvalue weighted by Crippen LogP contribution is -2.13. The van der Waals surface area contributed by atoms with Crippen LogP contribution in [0.3, 0.4) is 0 Å². The second-order valence-corrected chi connectivity index (χ2v) is 20.0. The summed E-state index contributed by atoms with van der Waals surface area (Å²) >= 11 is 12.4. The maximum absolute atomic E-state index is 13.5. The SMILES string of the molecule is O=S(=O)(c1ccccc1)n1c2ccc(C#CC3=CCCCC3)cc2c2cc(Cl)cnc21.O=S(=O)(c1ccccc1)n1c2ccc(C#CC3CCCCC3)cc2c2cc(Cl)cnc21. The van der Waals surface area contributed by atoms with Gasteiger partial charge in [0.25, 0.3) is 20.0 Å². The van der Waals surface area contributed by atoms with E-state index in [2.05, 4.69) is 39.7 Å². The van der Waals surface area contributed by atoms with Crippen LogP contribution in [-0.2, 0) is 20.0 Å². The summed E-state index contributed by atoms with van der Waals surface area (Å²) in [7, 11) is -7.67. The third-order valence-corrected chi connectivity index (χ3v) is 15.2. The van der Waals surface area contributed by atoms with Crippen molar-refractivity contribution in [1.29, 1.82) is 0 Å². The molecule has 0 saturated heterocycles. The fraction of sp³-hybridized carbons (Fsp3) is 0.200. The third kappa shape index (κ3) is 8.24. The van der Waals surface area contributed by atoms with Crippen molar-refractivity contribution in [1.82, 2.24) is 17.9 Å². The van der Waals surface area contributed by atoms with Crippen molar-refractivity contribution in [3.63, 3.8) is 0 Å². The number of pyridine rings is 2. The van der Waals surface area contributed by atoms with E-state index < -0.39 is 20.0 Å². The molecule has 0 N–H and O–H groups in total. The van der Waals surface area contributed by atoms with E-state index >= 15 is 0 Å². The summed E-state index contributed by atoms with van der Waals surface area (Å²) in [5.41, 5.74) is 4.70. The molecule has 4 heterocycles. The van der Waals surface area contributed by atoms with Crippen LogP contribution >= 0.6 is 23.2 Å². The van der Waals surface area contributed by atoms with Crippen LogP contribution in [0.4, 0.5) is 0 Å². The molecule has 0 aliphatic heterocycles. The predicted octanol–water partition coefficient (Wildman–Crippen LogP) is 11.9. The van der Waals surface area contributed by atoms with Gasteiger partial charge in [-0.15, -0.1) is 0 Å². The van der Waals surface area contributed by atoms with Crippen LogP contribution in [-0.4, -0.2) is 34.7 Å². The molecule has 1 saturated carbocycles. The van der Waals surface area contributed by atoms with Gasteiger partial charge in [-0.2, -0.15) is 0 Å². The van der Waals surface area contributed by atoms with Crippen molar-refractivity contribution >= 4 is 87.1 Å². The first-order chi connectivity index (χ1) is 30.1. The van der Waals surface area contributed by atoms with Gasteiger partial charge in [-0.1, -0.05) is 109 Å². The van der Waals surface area contributed by atoms with Gasteiger partial charge < -0.3 is 0 Å². The van der Waals surface area contributed by atoms with Gasteiger partial charge in [0.05, 0.1) is 30.9 Å². The summed E-state index contributed by atoms with van der Waals surface area (Å²) in [6, 6.07) is 31.5. The average Bonchev–Trinajstić information content (AvgIpc) is 3.81. The molecule has 10 rings (SSSR count). The summed E-state index contributed by atoms with van der Waals surface area (Å²) in [4.78, 5) is 9.16. The van der Waals surface area contributed by atoms with E-state index in [1.807, 2.05) is 30.3 Å². The molecular formula is C50H40Cl2N4O4S2. The van der Waals surface area contributed by atoms with Gasteiger partial charge in [-0.05, 0) is 117 Å². The lowest BCUT2D eigenvalue weighted by molar-refractivity contribution is 0.430. The molecule has 8 aromatic rings. The lowest BCUT2D eigenvalue weighted by Gasteiger charge is -2.15. The van der Waals surface area contributed by atoms with Gasteiger partial charge in [-0.25, -0.2) is 34.7 Å². The van der Waals surface area contributed by atoms with Crippen molar-refractivity contribution in [2.45, 2.75) is 67.6 Å². The molecule has 0 atom stereocenters. The summed E-state index contributed by atoms with van der Waals surface area (Å²) in [5, 5.41) is 3.83. The Morgan fingerprint density at radius 1 is 0.548 bits per heavy atom. The van der Waals surface area contributed by atoms with Crippen LogP contribution < -0.4 is 0 Å². The Morgan fingerprint density at radius 3 is 1.56 bits per heavy atom. The zero-order chi connectivity index (χ0) is 42.8. The van der Waals surface area contributed by atoms with E-state index in [4.69, 9.17) is 23.2 Å². The minimum Gasteiger partial charge on any atom is -0.236 e. The fourth-order valence-corrected chi connectivity index (χ4v) is 11.6. The van der Waals surface area contributed by atoms with E-state index in [0.29, 0.717) is 49.1 Å². The Balaban J connectivity index is 0.000000158. The first-order valence-corrected chi connectivity index (χ1v) is 24.2. The Kier molecular flexibility index (Phi) is 11.7. The van der Waals surface area contributed by atoms with Crippen molar-refractivity contribution in [2.75, 3.05) is 0 Å². The first kappa shape index (κ1) is 41.5. The van der Waals surface area contributed by atoms with E-state index in [9.17, 15) is 16.8 Å². The van der Waals surface area contributed by atoms with Gasteiger partial charge in [0.15, 0.2) is 11.3 Å². The quantitative estimate of drug-likeness (QED) is 0.163. The van der Waals surface area contributed by atoms with Crippen molar-refractivity contribution in [3.8, 4) is 23.7 Å². The van der Waals surface area contributed by atoms with E-state index in [1.165, 1.54) is 58.0 Å². The molecule has 8 nitrogen and oxygen atoms in total. The molecule has 310 valence electrons. The largest absolute Gasteiger partial charge is 0.269 e. The molecule has 0 unspecified atom stereocenters. The number of rotatable bonds is 4. The zero-order valence-electron chi connectivity index (χ0n) is 33.6. The molecule has 4 aromatic heterocycles. The number of hydrogen-bond donors (Lipinski definition) is 0. The second kappa shape index (κ2) is 17.5. The second-order valence-electron chi connectivity index (χ2n) is 15.5. The summed E-state index contributed by atoms with van der Waals surface area (Å²) in [6.07, 6.45) is 15.7. The third-order valence-electron chi connectivity index (χ3n) is 11.3. The minimum absolute atomic E-state index is 0.207. The molecule has 0 amide bonds. The molecule has 0 radical (unpaired) electrons. The van der Waals surface area contributed by atoms with Gasteiger partial charge in [-0.3, -0.25) is 0 Å². The lowest BCUT2D eigenvalue weighted by atomic mass is 9.89. The molecular weight excluding hydrogens is 856 g/mol. The van der Waals surface area contributed by atoms with Crippen molar-refractivity contribution in [2.24, 2.45) is 5.92 Å². The topological polar surface area (TPSA) is 104 Å². The molecule has 1 fully saturated rings. The predicted molar refractivity (Wildman–Crippen MR) is 249 cm³/mol. The van der Waals surface area contributed by atoms with E-state index in [-0.39, 0.29) is 9.79 Å². The number of nitrogens with zero attached hydrogens (tertiary/aromatic N) is 4. The molecule has 4 aromatic carbocycles. The Labute approximate surface area is 371 Å². The van der Waals surface area contributed by atoms with Crippen LogP contribution in [0.15, 0.2) is 143 Å². The Hall–Kier alpha value is -5.88. The molecule has 0 spiro atoms. The molecule has 0 bridgehead atoms. The normalized spacial score (nSPS) is 14.7. The summed E-state index contributed by atoms with van der Waals surface area (Å²) in [6.45, 7) is 0. The van der Waals surface area contributed by atoms with Crippen LogP contribution in [0.25, 0.3) is 43.9 Å². The highest BCUT2D eigenvalue weighted by atomic mass is 35.5. The van der Waals surface area contributed by atoms with Crippen molar-refractivity contribution in [3.05, 3.63) is 154 Å². The van der Waals surface area contributed by atoms with Crippen molar-refractivity contribution < 1.29 is 16.8 Å². The Morgan fingerprint density at radius 2 is 1.06 bits per heavy atom. The maximum atomic E-state index is 13.5. The van der Waals surface area contributed by atoms with Gasteiger partial charge in [0, 0.05) is 51.0 Å². The highest BCUT2D eigenvalue weighted by Crippen LogP contribution is 2.35. The number of benzene rings is 4. The van der Waals surface area contributed by atoms with Gasteiger partial charge in [0.2, 0.25) is 0 Å². The fourth-order valence-electron chi connectivity index (χ4n) is 8.24. The van der Waals surface area contributed by atoms with Crippen LogP contribution in [0.5, 0.6) is 0 Å². The number of aromatic nitrogens is 4. The molecule has 2 aliphatic rings. The first-order valence-electron chi connectivity index (χ1n) is 20.6. The molecule has 12 heteroatoms. The highest BCUT2D eigenvalue weighted by molar-refractivity contribution is 7.90. The molecule has 62 heavy (non-hydrogen) atoms. The van der Waals surface area contributed by atoms with Gasteiger partial charge >= 0.3 is 0 Å². The smallest absolute Gasteiger partial charge is 0.236 e. The highest BCUT2D eigenvalue weighted by Gasteiger charge is 2.26. The zero-order valence-corrected chi connectivity index (χ0v) is 36.7. The van der Waals surface area contributed by atoms with Crippen LogP contribution in [0.2, 0.25) is 10.0 Å². The average molecular weight is 896 g/mol. The number of fused-ring (bicyclic) bond motifs is 6. The van der Waals surface area contributed by atoms with E-state index in [1.54, 1.807) is 78.9 Å². The monoisotopic (exact) mass is 894 g/mol. The number of halogens is 2. The van der Waals surface area contributed by atoms with E-state index in [0.717, 1.165) is 47.6 Å². The number of allylic oxidation sites excluding steroid dienone is 2. The number of hydrogen-bond acceptors (Lipinski definition) is 6. The Bertz CT molecular complexity index is 3410.